The van der Waals surface area contributed by atoms with Crippen molar-refractivity contribution < 1.29 is 19.1 Å². The van der Waals surface area contributed by atoms with Crippen LogP contribution in [0.2, 0.25) is 0 Å². The highest BCUT2D eigenvalue weighted by Crippen LogP contribution is 2.22. The van der Waals surface area contributed by atoms with E-state index in [0.29, 0.717) is 41.6 Å². The summed E-state index contributed by atoms with van der Waals surface area (Å²) in [6, 6.07) is 14.1. The van der Waals surface area contributed by atoms with Gasteiger partial charge in [-0.2, -0.15) is 0 Å². The number of carbonyl (C=O) groups excluding carboxylic acids is 2. The highest BCUT2D eigenvalue weighted by atomic mass is 16.5. The average molecular weight is 396 g/mol. The minimum absolute atomic E-state index is 0.0608. The molecule has 0 saturated carbocycles. The van der Waals surface area contributed by atoms with Crippen LogP contribution >= 0.6 is 0 Å². The van der Waals surface area contributed by atoms with Crippen LogP contribution in [-0.2, 0) is 4.74 Å². The standard InChI is InChI=1S/C23H28N2O4/c1-16(2)15-29-21-12-6-4-10-19(21)23(27)25-20-11-5-3-9-18(20)22(26)24-14-17-8-7-13-28-17/h3-6,9-12,16-17H,7-8,13-15H2,1-2H3,(H,24,26)(H,25,27)/t17-/m1/s1. The molecule has 2 N–H and O–H groups in total. The third kappa shape index (κ3) is 5.81. The Labute approximate surface area is 171 Å². The molecule has 6 nitrogen and oxygen atoms in total. The van der Waals surface area contributed by atoms with Crippen molar-refractivity contribution in [2.24, 2.45) is 5.92 Å². The van der Waals surface area contributed by atoms with Crippen molar-refractivity contribution in [2.75, 3.05) is 25.1 Å². The predicted octanol–water partition coefficient (Wildman–Crippen LogP) is 3.88. The number of anilines is 1. The first-order valence-electron chi connectivity index (χ1n) is 10.1. The van der Waals surface area contributed by atoms with E-state index in [1.165, 1.54) is 0 Å². The van der Waals surface area contributed by atoms with Crippen LogP contribution in [0.15, 0.2) is 48.5 Å². The first kappa shape index (κ1) is 20.9. The summed E-state index contributed by atoms with van der Waals surface area (Å²) in [7, 11) is 0. The molecule has 6 heteroatoms. The lowest BCUT2D eigenvalue weighted by atomic mass is 10.1. The number of nitrogens with one attached hydrogen (secondary N) is 2. The van der Waals surface area contributed by atoms with Crippen molar-refractivity contribution in [3.05, 3.63) is 59.7 Å². The number of rotatable bonds is 8. The van der Waals surface area contributed by atoms with Gasteiger partial charge in [0, 0.05) is 13.2 Å². The van der Waals surface area contributed by atoms with Crippen molar-refractivity contribution >= 4 is 17.5 Å². The maximum absolute atomic E-state index is 12.9. The van der Waals surface area contributed by atoms with Crippen LogP contribution in [0.5, 0.6) is 5.75 Å². The SMILES string of the molecule is CC(C)COc1ccccc1C(=O)Nc1ccccc1C(=O)NC[C@H]1CCCO1. The lowest BCUT2D eigenvalue weighted by Crippen LogP contribution is -2.32. The predicted molar refractivity (Wildman–Crippen MR) is 112 cm³/mol. The summed E-state index contributed by atoms with van der Waals surface area (Å²) >= 11 is 0. The van der Waals surface area contributed by atoms with Gasteiger partial charge in [-0.1, -0.05) is 38.1 Å². The Morgan fingerprint density at radius 2 is 1.79 bits per heavy atom. The van der Waals surface area contributed by atoms with Gasteiger partial charge >= 0.3 is 0 Å². The maximum Gasteiger partial charge on any atom is 0.259 e. The van der Waals surface area contributed by atoms with E-state index in [0.717, 1.165) is 19.4 Å². The number of hydrogen-bond donors (Lipinski definition) is 2. The molecular weight excluding hydrogens is 368 g/mol. The summed E-state index contributed by atoms with van der Waals surface area (Å²) in [6.07, 6.45) is 2.03. The molecule has 2 aromatic carbocycles. The molecule has 3 rings (SSSR count). The Morgan fingerprint density at radius 1 is 1.07 bits per heavy atom. The minimum atomic E-state index is -0.316. The molecule has 2 aromatic rings. The summed E-state index contributed by atoms with van der Waals surface area (Å²) in [5.74, 6) is 0.322. The maximum atomic E-state index is 12.9. The fourth-order valence-corrected chi connectivity index (χ4v) is 3.12. The third-order valence-corrected chi connectivity index (χ3v) is 4.64. The number of benzene rings is 2. The van der Waals surface area contributed by atoms with Crippen LogP contribution in [0, 0.1) is 5.92 Å². The number of ether oxygens (including phenoxy) is 2. The molecule has 1 fully saturated rings. The van der Waals surface area contributed by atoms with Crippen molar-refractivity contribution in [1.29, 1.82) is 0 Å². The van der Waals surface area contributed by atoms with Crippen LogP contribution in [0.4, 0.5) is 5.69 Å². The van der Waals surface area contributed by atoms with E-state index >= 15 is 0 Å². The van der Waals surface area contributed by atoms with Gasteiger partial charge in [-0.3, -0.25) is 9.59 Å². The lowest BCUT2D eigenvalue weighted by Gasteiger charge is -2.15. The second kappa shape index (κ2) is 10.1. The van der Waals surface area contributed by atoms with Crippen LogP contribution in [0.3, 0.4) is 0 Å². The summed E-state index contributed by atoms with van der Waals surface area (Å²) in [5.41, 5.74) is 1.31. The Morgan fingerprint density at radius 3 is 2.52 bits per heavy atom. The number of hydrogen-bond acceptors (Lipinski definition) is 4. The fraction of sp³-hybridized carbons (Fsp3) is 0.391. The first-order valence-corrected chi connectivity index (χ1v) is 10.1. The van der Waals surface area contributed by atoms with Gasteiger partial charge in [-0.05, 0) is 43.0 Å². The van der Waals surface area contributed by atoms with Gasteiger partial charge in [0.2, 0.25) is 0 Å². The Kier molecular flexibility index (Phi) is 7.25. The molecule has 1 saturated heterocycles. The molecule has 0 radical (unpaired) electrons. The van der Waals surface area contributed by atoms with E-state index in [2.05, 4.69) is 10.6 Å². The molecule has 0 unspecified atom stereocenters. The smallest absolute Gasteiger partial charge is 0.259 e. The zero-order chi connectivity index (χ0) is 20.6. The van der Waals surface area contributed by atoms with Crippen molar-refractivity contribution in [2.45, 2.75) is 32.8 Å². The van der Waals surface area contributed by atoms with Crippen LogP contribution in [-0.4, -0.2) is 37.7 Å². The fourth-order valence-electron chi connectivity index (χ4n) is 3.12. The lowest BCUT2D eigenvalue weighted by molar-refractivity contribution is 0.0858. The number of carbonyl (C=O) groups is 2. The molecular formula is C23H28N2O4. The zero-order valence-corrected chi connectivity index (χ0v) is 16.9. The van der Waals surface area contributed by atoms with E-state index in [1.807, 2.05) is 19.9 Å². The number of para-hydroxylation sites is 2. The second-order valence-electron chi connectivity index (χ2n) is 7.55. The normalized spacial score (nSPS) is 15.9. The van der Waals surface area contributed by atoms with E-state index < -0.39 is 0 Å². The molecule has 29 heavy (non-hydrogen) atoms. The highest BCUT2D eigenvalue weighted by molar-refractivity contribution is 6.10. The quantitative estimate of drug-likeness (QED) is 0.710. The molecule has 1 aliphatic heterocycles. The Bertz CT molecular complexity index is 844. The van der Waals surface area contributed by atoms with E-state index in [1.54, 1.807) is 42.5 Å². The van der Waals surface area contributed by atoms with Gasteiger partial charge in [0.05, 0.1) is 29.5 Å². The molecule has 0 aromatic heterocycles. The van der Waals surface area contributed by atoms with E-state index in [9.17, 15) is 9.59 Å². The van der Waals surface area contributed by atoms with Gasteiger partial charge < -0.3 is 20.1 Å². The van der Waals surface area contributed by atoms with Gasteiger partial charge in [0.15, 0.2) is 0 Å². The molecule has 0 bridgehead atoms. The molecule has 0 spiro atoms. The zero-order valence-electron chi connectivity index (χ0n) is 16.9. The van der Waals surface area contributed by atoms with Crippen LogP contribution < -0.4 is 15.4 Å². The van der Waals surface area contributed by atoms with Gasteiger partial charge in [0.1, 0.15) is 5.75 Å². The third-order valence-electron chi connectivity index (χ3n) is 4.64. The molecule has 1 aliphatic rings. The Balaban J connectivity index is 1.70. The Hall–Kier alpha value is -2.86. The molecule has 0 aliphatic carbocycles. The molecule has 1 atom stereocenters. The van der Waals surface area contributed by atoms with E-state index in [-0.39, 0.29) is 17.9 Å². The van der Waals surface area contributed by atoms with Gasteiger partial charge in [-0.15, -0.1) is 0 Å². The highest BCUT2D eigenvalue weighted by Gasteiger charge is 2.19. The monoisotopic (exact) mass is 396 g/mol. The number of amides is 2. The van der Waals surface area contributed by atoms with Crippen molar-refractivity contribution in [1.82, 2.24) is 5.32 Å². The summed E-state index contributed by atoms with van der Waals surface area (Å²) < 4.78 is 11.3. The van der Waals surface area contributed by atoms with Crippen LogP contribution in [0.25, 0.3) is 0 Å². The molecule has 2 amide bonds. The minimum Gasteiger partial charge on any atom is -0.492 e. The van der Waals surface area contributed by atoms with E-state index in [4.69, 9.17) is 9.47 Å². The first-order chi connectivity index (χ1) is 14.0. The molecule has 154 valence electrons. The van der Waals surface area contributed by atoms with Crippen molar-refractivity contribution in [3.8, 4) is 5.75 Å². The van der Waals surface area contributed by atoms with Crippen LogP contribution in [0.1, 0.15) is 47.4 Å². The molecule has 1 heterocycles. The average Bonchev–Trinajstić information content (AvgIpc) is 3.24. The largest absolute Gasteiger partial charge is 0.492 e. The summed E-state index contributed by atoms with van der Waals surface area (Å²) in [5, 5.41) is 5.75. The second-order valence-corrected chi connectivity index (χ2v) is 7.55. The van der Waals surface area contributed by atoms with Gasteiger partial charge in [-0.25, -0.2) is 0 Å². The summed E-state index contributed by atoms with van der Waals surface area (Å²) in [4.78, 5) is 25.5. The van der Waals surface area contributed by atoms with Crippen molar-refractivity contribution in [3.63, 3.8) is 0 Å². The van der Waals surface area contributed by atoms with Gasteiger partial charge in [0.25, 0.3) is 11.8 Å². The topological polar surface area (TPSA) is 76.7 Å². The summed E-state index contributed by atoms with van der Waals surface area (Å²) in [6.45, 7) is 5.83.